The summed E-state index contributed by atoms with van der Waals surface area (Å²) in [6.45, 7) is 0. The van der Waals surface area contributed by atoms with E-state index in [9.17, 15) is 0 Å². The van der Waals surface area contributed by atoms with E-state index >= 15 is 0 Å². The smallest absolute Gasteiger partial charge is 0.0795 e. The molecule has 11 aromatic rings. The van der Waals surface area contributed by atoms with E-state index < -0.39 is 0 Å². The first-order valence-corrected chi connectivity index (χ1v) is 18.2. The zero-order valence-electron chi connectivity index (χ0n) is 29.1. The minimum Gasteiger partial charge on any atom is -0.256 e. The molecule has 11 rings (SSSR count). The molecular formula is C50H30N4. The topological polar surface area (TPSA) is 51.6 Å². The highest BCUT2D eigenvalue weighted by Crippen LogP contribution is 2.43. The Bertz CT molecular complexity index is 3190. The highest BCUT2D eigenvalue weighted by atomic mass is 14.7. The van der Waals surface area contributed by atoms with Crippen LogP contribution in [0.3, 0.4) is 0 Å². The number of benzene rings is 7. The van der Waals surface area contributed by atoms with Crippen molar-refractivity contribution < 1.29 is 0 Å². The van der Waals surface area contributed by atoms with Crippen molar-refractivity contribution in [3.8, 4) is 44.9 Å². The van der Waals surface area contributed by atoms with Crippen molar-refractivity contribution in [2.45, 2.75) is 0 Å². The zero-order valence-corrected chi connectivity index (χ0v) is 29.1. The summed E-state index contributed by atoms with van der Waals surface area (Å²) in [5, 5.41) is 10.3. The number of hydrogen-bond acceptors (Lipinski definition) is 4. The zero-order chi connectivity index (χ0) is 35.6. The van der Waals surface area contributed by atoms with Gasteiger partial charge in [0.25, 0.3) is 0 Å². The molecule has 250 valence electrons. The second kappa shape index (κ2) is 12.1. The number of nitrogens with zero attached hydrogens (tertiary/aromatic N) is 4. The van der Waals surface area contributed by atoms with Crippen molar-refractivity contribution in [2.24, 2.45) is 0 Å². The molecule has 0 aliphatic carbocycles. The van der Waals surface area contributed by atoms with Gasteiger partial charge in [0, 0.05) is 61.6 Å². The molecule has 0 aliphatic rings. The molecule has 7 aromatic carbocycles. The molecule has 0 bridgehead atoms. The van der Waals surface area contributed by atoms with Crippen LogP contribution < -0.4 is 0 Å². The van der Waals surface area contributed by atoms with E-state index in [0.717, 1.165) is 93.8 Å². The molecule has 4 heterocycles. The van der Waals surface area contributed by atoms with E-state index in [4.69, 9.17) is 19.9 Å². The van der Waals surface area contributed by atoms with Crippen molar-refractivity contribution in [2.75, 3.05) is 0 Å². The van der Waals surface area contributed by atoms with Crippen LogP contribution in [0, 0.1) is 0 Å². The molecule has 0 amide bonds. The number of rotatable bonds is 4. The minimum absolute atomic E-state index is 0.857. The van der Waals surface area contributed by atoms with Crippen LogP contribution in [0.15, 0.2) is 182 Å². The lowest BCUT2D eigenvalue weighted by Crippen LogP contribution is -1.96. The maximum absolute atomic E-state index is 5.51. The first-order chi connectivity index (χ1) is 26.8. The Kier molecular flexibility index (Phi) is 6.82. The van der Waals surface area contributed by atoms with Crippen LogP contribution >= 0.6 is 0 Å². The highest BCUT2D eigenvalue weighted by molar-refractivity contribution is 6.25. The average molecular weight is 687 g/mol. The van der Waals surface area contributed by atoms with Gasteiger partial charge < -0.3 is 0 Å². The van der Waals surface area contributed by atoms with Crippen LogP contribution in [0.5, 0.6) is 0 Å². The predicted molar refractivity (Wildman–Crippen MR) is 224 cm³/mol. The summed E-state index contributed by atoms with van der Waals surface area (Å²) < 4.78 is 0. The Morgan fingerprint density at radius 3 is 1.74 bits per heavy atom. The van der Waals surface area contributed by atoms with Crippen LogP contribution in [0.25, 0.3) is 110 Å². The molecule has 0 saturated carbocycles. The summed E-state index contributed by atoms with van der Waals surface area (Å²) in [5.41, 5.74) is 10.7. The van der Waals surface area contributed by atoms with Gasteiger partial charge in [0.1, 0.15) is 0 Å². The third-order valence-corrected chi connectivity index (χ3v) is 10.7. The summed E-state index contributed by atoms with van der Waals surface area (Å²) in [6, 6.07) is 60.0. The highest BCUT2D eigenvalue weighted by Gasteiger charge is 2.20. The van der Waals surface area contributed by atoms with Gasteiger partial charge in [-0.15, -0.1) is 0 Å². The van der Waals surface area contributed by atoms with Crippen molar-refractivity contribution in [3.05, 3.63) is 182 Å². The number of pyridine rings is 4. The second-order valence-corrected chi connectivity index (χ2v) is 13.8. The van der Waals surface area contributed by atoms with Gasteiger partial charge in [0.15, 0.2) is 0 Å². The average Bonchev–Trinajstić information content (AvgIpc) is 3.25. The fourth-order valence-corrected chi connectivity index (χ4v) is 8.19. The number of aromatic nitrogens is 4. The Balaban J connectivity index is 1.26. The number of hydrogen-bond donors (Lipinski definition) is 0. The molecule has 0 spiro atoms. The first-order valence-electron chi connectivity index (χ1n) is 18.2. The standard InChI is InChI=1S/C50H30N4/c1-2-12-34-27-35(24-23-31(34)11-1)50-43-30-42(38-17-3-4-18-39(38)47(43)40-19-5-6-22-44(40)54-50)46-29-36(37-20-7-13-32-15-9-25-51-48(32)37)28-45(53-46)41-21-8-14-33-16-10-26-52-49(33)41/h1-30H. The fourth-order valence-electron chi connectivity index (χ4n) is 8.19. The van der Waals surface area contributed by atoms with Crippen LogP contribution in [0.1, 0.15) is 0 Å². The van der Waals surface area contributed by atoms with Gasteiger partial charge >= 0.3 is 0 Å². The third kappa shape index (κ3) is 4.85. The molecule has 0 unspecified atom stereocenters. The van der Waals surface area contributed by atoms with Gasteiger partial charge in [-0.05, 0) is 69.6 Å². The van der Waals surface area contributed by atoms with E-state index in [1.807, 2.05) is 24.5 Å². The van der Waals surface area contributed by atoms with Crippen LogP contribution in [0.4, 0.5) is 0 Å². The Morgan fingerprint density at radius 2 is 0.944 bits per heavy atom. The molecule has 4 heteroatoms. The molecule has 0 aliphatic heterocycles. The van der Waals surface area contributed by atoms with Gasteiger partial charge in [0.05, 0.1) is 33.6 Å². The summed E-state index contributed by atoms with van der Waals surface area (Å²) in [7, 11) is 0. The molecule has 0 radical (unpaired) electrons. The van der Waals surface area contributed by atoms with Crippen molar-refractivity contribution >= 4 is 65.0 Å². The Morgan fingerprint density at radius 1 is 0.333 bits per heavy atom. The Labute approximate surface area is 311 Å². The van der Waals surface area contributed by atoms with Gasteiger partial charge in [0.2, 0.25) is 0 Å². The molecule has 0 fully saturated rings. The molecule has 0 saturated heterocycles. The van der Waals surface area contributed by atoms with E-state index in [1.54, 1.807) is 0 Å². The summed E-state index contributed by atoms with van der Waals surface area (Å²) in [4.78, 5) is 20.6. The summed E-state index contributed by atoms with van der Waals surface area (Å²) >= 11 is 0. The van der Waals surface area contributed by atoms with Gasteiger partial charge in [-0.2, -0.15) is 0 Å². The lowest BCUT2D eigenvalue weighted by atomic mass is 9.90. The molecular weight excluding hydrogens is 657 g/mol. The molecule has 4 aromatic heterocycles. The lowest BCUT2D eigenvalue weighted by molar-refractivity contribution is 1.32. The van der Waals surface area contributed by atoms with E-state index in [2.05, 4.69) is 158 Å². The predicted octanol–water partition coefficient (Wildman–Crippen LogP) is 12.9. The second-order valence-electron chi connectivity index (χ2n) is 13.8. The van der Waals surface area contributed by atoms with Gasteiger partial charge in [-0.3, -0.25) is 9.97 Å². The SMILES string of the molecule is c1ccc2cc(-c3nc4ccccc4c4c3cc(-c3cc(-c5cccc6cccnc56)cc(-c5cccc6cccnc56)n3)c3ccccc34)ccc2c1. The number of para-hydroxylation sites is 3. The van der Waals surface area contributed by atoms with Gasteiger partial charge in [-0.25, -0.2) is 9.97 Å². The molecule has 54 heavy (non-hydrogen) atoms. The van der Waals surface area contributed by atoms with Crippen molar-refractivity contribution in [3.63, 3.8) is 0 Å². The maximum Gasteiger partial charge on any atom is 0.0795 e. The van der Waals surface area contributed by atoms with E-state index in [1.165, 1.54) is 16.2 Å². The molecule has 0 atom stereocenters. The van der Waals surface area contributed by atoms with Gasteiger partial charge in [-0.1, -0.05) is 127 Å². The number of fused-ring (bicyclic) bond motifs is 8. The van der Waals surface area contributed by atoms with E-state index in [0.29, 0.717) is 0 Å². The monoisotopic (exact) mass is 686 g/mol. The normalized spacial score (nSPS) is 11.7. The molecule has 0 N–H and O–H groups in total. The maximum atomic E-state index is 5.51. The van der Waals surface area contributed by atoms with Crippen LogP contribution in [-0.4, -0.2) is 19.9 Å². The van der Waals surface area contributed by atoms with Crippen LogP contribution in [0.2, 0.25) is 0 Å². The van der Waals surface area contributed by atoms with E-state index in [-0.39, 0.29) is 0 Å². The Hall–Kier alpha value is -7.30. The first kappa shape index (κ1) is 30.3. The molecule has 4 nitrogen and oxygen atoms in total. The third-order valence-electron chi connectivity index (χ3n) is 10.7. The van der Waals surface area contributed by atoms with Crippen molar-refractivity contribution in [1.29, 1.82) is 0 Å². The lowest BCUT2D eigenvalue weighted by Gasteiger charge is -2.17. The van der Waals surface area contributed by atoms with Crippen molar-refractivity contribution in [1.82, 2.24) is 19.9 Å². The minimum atomic E-state index is 0.857. The fraction of sp³-hybridized carbons (Fsp3) is 0. The van der Waals surface area contributed by atoms with Crippen LogP contribution in [-0.2, 0) is 0 Å². The summed E-state index contributed by atoms with van der Waals surface area (Å²) in [6.07, 6.45) is 3.72. The quantitative estimate of drug-likeness (QED) is 0.173. The largest absolute Gasteiger partial charge is 0.256 e. The summed E-state index contributed by atoms with van der Waals surface area (Å²) in [5.74, 6) is 0.